The van der Waals surface area contributed by atoms with Crippen molar-refractivity contribution < 1.29 is 9.53 Å². The molecule has 0 aromatic carbocycles. The number of amides is 1. The Morgan fingerprint density at radius 2 is 2.18 bits per heavy atom. The summed E-state index contributed by atoms with van der Waals surface area (Å²) in [5.74, 6) is 0.727. The van der Waals surface area contributed by atoms with Crippen LogP contribution >= 0.6 is 0 Å². The minimum atomic E-state index is -0.406. The summed E-state index contributed by atoms with van der Waals surface area (Å²) in [4.78, 5) is 13.9. The maximum Gasteiger partial charge on any atom is 0.407 e. The van der Waals surface area contributed by atoms with Crippen molar-refractivity contribution in [1.82, 2.24) is 10.2 Å². The highest BCUT2D eigenvalue weighted by Crippen LogP contribution is 2.18. The topological polar surface area (TPSA) is 41.6 Å². The average Bonchev–Trinajstić information content (AvgIpc) is 2.63. The van der Waals surface area contributed by atoms with E-state index in [1.807, 2.05) is 20.8 Å². The van der Waals surface area contributed by atoms with Crippen LogP contribution in [0.1, 0.15) is 40.5 Å². The van der Waals surface area contributed by atoms with Crippen molar-refractivity contribution in [2.45, 2.75) is 46.1 Å². The van der Waals surface area contributed by atoms with Crippen LogP contribution in [0.5, 0.6) is 0 Å². The zero-order valence-corrected chi connectivity index (χ0v) is 11.6. The number of hydrogen-bond donors (Lipinski definition) is 1. The van der Waals surface area contributed by atoms with Gasteiger partial charge in [0.2, 0.25) is 0 Å². The van der Waals surface area contributed by atoms with Crippen LogP contribution in [0.15, 0.2) is 0 Å². The molecule has 0 aromatic rings. The maximum absolute atomic E-state index is 11.4. The molecule has 100 valence electrons. The van der Waals surface area contributed by atoms with E-state index < -0.39 is 5.60 Å². The van der Waals surface area contributed by atoms with Crippen molar-refractivity contribution in [3.8, 4) is 0 Å². The maximum atomic E-state index is 11.4. The molecule has 0 aromatic heterocycles. The van der Waals surface area contributed by atoms with Gasteiger partial charge < -0.3 is 15.0 Å². The highest BCUT2D eigenvalue weighted by Gasteiger charge is 2.21. The van der Waals surface area contributed by atoms with Gasteiger partial charge >= 0.3 is 6.09 Å². The lowest BCUT2D eigenvalue weighted by atomic mass is 10.1. The Bertz CT molecular complexity index is 248. The lowest BCUT2D eigenvalue weighted by Crippen LogP contribution is -2.33. The van der Waals surface area contributed by atoms with Crippen LogP contribution in [0.2, 0.25) is 0 Å². The molecule has 1 fully saturated rings. The molecule has 0 bridgehead atoms. The smallest absolute Gasteiger partial charge is 0.407 e. The summed E-state index contributed by atoms with van der Waals surface area (Å²) in [6.07, 6.45) is 2.00. The molecule has 0 aliphatic carbocycles. The molecule has 0 spiro atoms. The van der Waals surface area contributed by atoms with E-state index in [2.05, 4.69) is 17.1 Å². The number of nitrogens with one attached hydrogen (secondary N) is 1. The predicted octanol–water partition coefficient (Wildman–Crippen LogP) is 2.24. The molecule has 4 heteroatoms. The summed E-state index contributed by atoms with van der Waals surface area (Å²) in [5.41, 5.74) is -0.406. The second-order valence-corrected chi connectivity index (χ2v) is 5.77. The van der Waals surface area contributed by atoms with Crippen molar-refractivity contribution in [2.24, 2.45) is 5.92 Å². The molecule has 1 saturated heterocycles. The molecule has 1 heterocycles. The van der Waals surface area contributed by atoms with Crippen molar-refractivity contribution in [1.29, 1.82) is 0 Å². The third kappa shape index (κ3) is 5.91. The fourth-order valence-electron chi connectivity index (χ4n) is 2.13. The molecule has 1 amide bonds. The number of nitrogens with zero attached hydrogens (tertiary/aromatic N) is 1. The van der Waals surface area contributed by atoms with E-state index in [0.717, 1.165) is 25.4 Å². The third-order valence-corrected chi connectivity index (χ3v) is 3.04. The van der Waals surface area contributed by atoms with Crippen molar-refractivity contribution in [2.75, 3.05) is 26.2 Å². The number of rotatable bonds is 4. The Labute approximate surface area is 105 Å². The molecule has 17 heavy (non-hydrogen) atoms. The van der Waals surface area contributed by atoms with E-state index in [-0.39, 0.29) is 6.09 Å². The van der Waals surface area contributed by atoms with Crippen LogP contribution in [-0.4, -0.2) is 42.8 Å². The second kappa shape index (κ2) is 6.24. The van der Waals surface area contributed by atoms with Crippen LogP contribution in [0.25, 0.3) is 0 Å². The zero-order chi connectivity index (χ0) is 12.9. The third-order valence-electron chi connectivity index (χ3n) is 3.04. The minimum absolute atomic E-state index is 0.303. The first-order chi connectivity index (χ1) is 7.90. The Balaban J connectivity index is 2.10. The van der Waals surface area contributed by atoms with Gasteiger partial charge in [0.1, 0.15) is 5.60 Å². The van der Waals surface area contributed by atoms with Gasteiger partial charge in [-0.3, -0.25) is 0 Å². The van der Waals surface area contributed by atoms with Crippen LogP contribution in [-0.2, 0) is 4.74 Å². The number of carbonyl (C=O) groups is 1. The highest BCUT2D eigenvalue weighted by molar-refractivity contribution is 5.67. The van der Waals surface area contributed by atoms with Crippen LogP contribution in [0, 0.1) is 5.92 Å². The lowest BCUT2D eigenvalue weighted by Gasteiger charge is -2.20. The first kappa shape index (κ1) is 14.3. The Morgan fingerprint density at radius 3 is 2.71 bits per heavy atom. The predicted molar refractivity (Wildman–Crippen MR) is 69.1 cm³/mol. The first-order valence-electron chi connectivity index (χ1n) is 6.60. The number of alkyl carbamates (subject to hydrolysis) is 1. The molecule has 0 radical (unpaired) electrons. The summed E-state index contributed by atoms with van der Waals surface area (Å²) in [6.45, 7) is 12.1. The fraction of sp³-hybridized carbons (Fsp3) is 0.923. The van der Waals surface area contributed by atoms with E-state index in [1.165, 1.54) is 19.5 Å². The van der Waals surface area contributed by atoms with Gasteiger partial charge in [0.25, 0.3) is 0 Å². The molecule has 1 aliphatic rings. The number of hydrogen-bond acceptors (Lipinski definition) is 3. The van der Waals surface area contributed by atoms with Crippen molar-refractivity contribution >= 4 is 6.09 Å². The molecule has 1 N–H and O–H groups in total. The average molecular weight is 242 g/mol. The molecular formula is C13H26N2O2. The summed E-state index contributed by atoms with van der Waals surface area (Å²) in [6, 6.07) is 0. The van der Waals surface area contributed by atoms with Gasteiger partial charge in [-0.15, -0.1) is 0 Å². The van der Waals surface area contributed by atoms with Gasteiger partial charge in [0.15, 0.2) is 0 Å². The number of ether oxygens (including phenoxy) is 1. The second-order valence-electron chi connectivity index (χ2n) is 5.77. The first-order valence-corrected chi connectivity index (χ1v) is 6.60. The van der Waals surface area contributed by atoms with E-state index in [1.54, 1.807) is 0 Å². The molecule has 0 saturated carbocycles. The van der Waals surface area contributed by atoms with E-state index >= 15 is 0 Å². The molecule has 1 unspecified atom stereocenters. The Kier molecular flexibility index (Phi) is 5.25. The van der Waals surface area contributed by atoms with Gasteiger partial charge in [-0.2, -0.15) is 0 Å². The van der Waals surface area contributed by atoms with Gasteiger partial charge in [0, 0.05) is 13.1 Å². The van der Waals surface area contributed by atoms with Crippen LogP contribution < -0.4 is 5.32 Å². The van der Waals surface area contributed by atoms with Gasteiger partial charge in [-0.25, -0.2) is 4.79 Å². The van der Waals surface area contributed by atoms with Crippen molar-refractivity contribution in [3.05, 3.63) is 0 Å². The Hall–Kier alpha value is -0.770. The fourth-order valence-corrected chi connectivity index (χ4v) is 2.13. The molecule has 1 aliphatic heterocycles. The molecule has 1 rings (SSSR count). The van der Waals surface area contributed by atoms with E-state index in [9.17, 15) is 4.79 Å². The molecule has 4 nitrogen and oxygen atoms in total. The largest absolute Gasteiger partial charge is 0.444 e. The number of likely N-dealkylation sites (tertiary alicyclic amines) is 1. The summed E-state index contributed by atoms with van der Waals surface area (Å²) in [5, 5.41) is 2.82. The zero-order valence-electron chi connectivity index (χ0n) is 11.6. The summed E-state index contributed by atoms with van der Waals surface area (Å²) < 4.78 is 5.18. The quantitative estimate of drug-likeness (QED) is 0.822. The van der Waals surface area contributed by atoms with Gasteiger partial charge in [0.05, 0.1) is 0 Å². The monoisotopic (exact) mass is 242 g/mol. The minimum Gasteiger partial charge on any atom is -0.444 e. The van der Waals surface area contributed by atoms with Crippen LogP contribution in [0.3, 0.4) is 0 Å². The van der Waals surface area contributed by atoms with Gasteiger partial charge in [-0.1, -0.05) is 6.92 Å². The lowest BCUT2D eigenvalue weighted by molar-refractivity contribution is 0.0525. The molecule has 1 atom stereocenters. The van der Waals surface area contributed by atoms with Crippen molar-refractivity contribution in [3.63, 3.8) is 0 Å². The summed E-state index contributed by atoms with van der Waals surface area (Å²) in [7, 11) is 0. The standard InChI is InChI=1S/C13H26N2O2/c1-5-15-9-7-11(10-15)6-8-14-12(16)17-13(2,3)4/h11H,5-10H2,1-4H3,(H,14,16). The van der Waals surface area contributed by atoms with E-state index in [4.69, 9.17) is 4.74 Å². The molecular weight excluding hydrogens is 216 g/mol. The Morgan fingerprint density at radius 1 is 1.47 bits per heavy atom. The normalized spacial score (nSPS) is 21.5. The van der Waals surface area contributed by atoms with E-state index in [0.29, 0.717) is 0 Å². The van der Waals surface area contributed by atoms with Gasteiger partial charge in [-0.05, 0) is 52.6 Å². The highest BCUT2D eigenvalue weighted by atomic mass is 16.6. The number of carbonyl (C=O) groups excluding carboxylic acids is 1. The SMILES string of the molecule is CCN1CCC(CCNC(=O)OC(C)(C)C)C1. The van der Waals surface area contributed by atoms with Crippen LogP contribution in [0.4, 0.5) is 4.79 Å². The summed E-state index contributed by atoms with van der Waals surface area (Å²) >= 11 is 0.